The molecule has 0 saturated carbocycles. The maximum atomic E-state index is 14.1. The first-order valence-corrected chi connectivity index (χ1v) is 12.3. The summed E-state index contributed by atoms with van der Waals surface area (Å²) in [5, 5.41) is 4.94. The third-order valence-electron chi connectivity index (χ3n) is 4.82. The van der Waals surface area contributed by atoms with Crippen LogP contribution in [0.4, 0.5) is 10.1 Å². The maximum Gasteiger partial charge on any atom is 0.260 e. The molecule has 174 valence electrons. The Bertz CT molecular complexity index is 1340. The summed E-state index contributed by atoms with van der Waals surface area (Å²) in [5.41, 5.74) is 5.23. The van der Waals surface area contributed by atoms with E-state index in [9.17, 15) is 17.6 Å². The molecule has 1 amide bonds. The number of benzene rings is 2. The molecule has 33 heavy (non-hydrogen) atoms. The van der Waals surface area contributed by atoms with Crippen LogP contribution in [0.25, 0.3) is 5.69 Å². The molecule has 0 atom stereocenters. The average molecular weight is 511 g/mol. The number of carbonyl (C=O) groups is 1. The lowest BCUT2D eigenvalue weighted by atomic mass is 10.2. The lowest BCUT2D eigenvalue weighted by Gasteiger charge is -2.21. The number of nitrogens with zero attached hydrogens (tertiary/aromatic N) is 3. The van der Waals surface area contributed by atoms with E-state index in [2.05, 4.69) is 10.5 Å². The summed E-state index contributed by atoms with van der Waals surface area (Å²) in [5.74, 6) is -1.48. The summed E-state index contributed by atoms with van der Waals surface area (Å²) < 4.78 is 40.9. The summed E-state index contributed by atoms with van der Waals surface area (Å²) in [7, 11) is -3.90. The zero-order valence-corrected chi connectivity index (χ0v) is 20.3. The number of rotatable bonds is 7. The van der Waals surface area contributed by atoms with E-state index in [1.807, 2.05) is 24.5 Å². The largest absolute Gasteiger partial charge is 0.316 e. The van der Waals surface area contributed by atoms with E-state index < -0.39 is 28.3 Å². The first-order chi connectivity index (χ1) is 15.5. The van der Waals surface area contributed by atoms with Crippen LogP contribution in [0.1, 0.15) is 17.0 Å². The van der Waals surface area contributed by atoms with Gasteiger partial charge >= 0.3 is 0 Å². The van der Waals surface area contributed by atoms with E-state index in [4.69, 9.17) is 23.2 Å². The summed E-state index contributed by atoms with van der Waals surface area (Å²) in [6.45, 7) is 3.13. The van der Waals surface area contributed by atoms with Gasteiger partial charge in [-0.2, -0.15) is 5.10 Å². The van der Waals surface area contributed by atoms with Crippen molar-refractivity contribution in [3.05, 3.63) is 81.3 Å². The number of amides is 1. The number of sulfonamides is 1. The zero-order chi connectivity index (χ0) is 24.3. The normalized spacial score (nSPS) is 11.7. The smallest absolute Gasteiger partial charge is 0.260 e. The Morgan fingerprint density at radius 2 is 1.88 bits per heavy atom. The number of hydrazone groups is 1. The average Bonchev–Trinajstić information content (AvgIpc) is 3.00. The van der Waals surface area contributed by atoms with Crippen molar-refractivity contribution in [2.24, 2.45) is 5.10 Å². The van der Waals surface area contributed by atoms with Crippen molar-refractivity contribution in [2.45, 2.75) is 13.8 Å². The second kappa shape index (κ2) is 9.94. The maximum absolute atomic E-state index is 14.1. The summed E-state index contributed by atoms with van der Waals surface area (Å²) >= 11 is 12.3. The number of anilines is 1. The number of nitrogens with one attached hydrogen (secondary N) is 1. The van der Waals surface area contributed by atoms with E-state index in [1.165, 1.54) is 24.4 Å². The Balaban J connectivity index is 1.77. The van der Waals surface area contributed by atoms with Crippen molar-refractivity contribution in [3.63, 3.8) is 0 Å². The fourth-order valence-corrected chi connectivity index (χ4v) is 4.68. The van der Waals surface area contributed by atoms with E-state index in [1.54, 1.807) is 18.2 Å². The number of para-hydroxylation sites is 1. The molecule has 0 fully saturated rings. The van der Waals surface area contributed by atoms with Crippen LogP contribution in [-0.2, 0) is 14.8 Å². The van der Waals surface area contributed by atoms with Crippen molar-refractivity contribution >= 4 is 51.0 Å². The van der Waals surface area contributed by atoms with Gasteiger partial charge in [0.1, 0.15) is 12.4 Å². The van der Waals surface area contributed by atoms with Gasteiger partial charge in [0, 0.05) is 22.0 Å². The summed E-state index contributed by atoms with van der Waals surface area (Å²) in [4.78, 5) is 12.3. The number of carbonyl (C=O) groups excluding carboxylic acids is 1. The minimum absolute atomic E-state index is 0.220. The monoisotopic (exact) mass is 510 g/mol. The molecule has 0 aliphatic rings. The van der Waals surface area contributed by atoms with Gasteiger partial charge in [-0.1, -0.05) is 35.3 Å². The second-order valence-electron chi connectivity index (χ2n) is 7.27. The van der Waals surface area contributed by atoms with E-state index in [0.29, 0.717) is 19.9 Å². The van der Waals surface area contributed by atoms with Gasteiger partial charge in [-0.3, -0.25) is 9.10 Å². The lowest BCUT2D eigenvalue weighted by molar-refractivity contribution is -0.119. The molecular formula is C22H21Cl2FN4O3S. The predicted molar refractivity (Wildman–Crippen MR) is 130 cm³/mol. The molecule has 0 spiro atoms. The fourth-order valence-electron chi connectivity index (χ4n) is 3.33. The van der Waals surface area contributed by atoms with Crippen LogP contribution in [0.5, 0.6) is 0 Å². The highest BCUT2D eigenvalue weighted by atomic mass is 35.5. The Morgan fingerprint density at radius 3 is 2.52 bits per heavy atom. The molecule has 2 aromatic carbocycles. The van der Waals surface area contributed by atoms with Gasteiger partial charge in [0.15, 0.2) is 0 Å². The molecule has 0 aliphatic heterocycles. The highest BCUT2D eigenvalue weighted by Crippen LogP contribution is 2.28. The van der Waals surface area contributed by atoms with E-state index in [0.717, 1.165) is 29.4 Å². The van der Waals surface area contributed by atoms with Gasteiger partial charge < -0.3 is 4.57 Å². The fraction of sp³-hybridized carbons (Fsp3) is 0.182. The van der Waals surface area contributed by atoms with Crippen LogP contribution in [0.3, 0.4) is 0 Å². The molecular weight excluding hydrogens is 490 g/mol. The van der Waals surface area contributed by atoms with Crippen LogP contribution in [-0.4, -0.2) is 37.9 Å². The predicted octanol–water partition coefficient (Wildman–Crippen LogP) is 4.46. The van der Waals surface area contributed by atoms with Crippen LogP contribution in [0, 0.1) is 19.7 Å². The van der Waals surface area contributed by atoms with Crippen molar-refractivity contribution in [3.8, 4) is 5.69 Å². The third-order valence-corrected chi connectivity index (χ3v) is 6.49. The summed E-state index contributed by atoms with van der Waals surface area (Å²) in [6.07, 6.45) is 2.33. The third kappa shape index (κ3) is 5.73. The van der Waals surface area contributed by atoms with Gasteiger partial charge in [0.2, 0.25) is 10.0 Å². The van der Waals surface area contributed by atoms with Gasteiger partial charge in [0.25, 0.3) is 5.91 Å². The van der Waals surface area contributed by atoms with Gasteiger partial charge in [-0.05, 0) is 50.2 Å². The van der Waals surface area contributed by atoms with Crippen LogP contribution < -0.4 is 9.73 Å². The van der Waals surface area contributed by atoms with Crippen molar-refractivity contribution in [2.75, 3.05) is 17.1 Å². The SMILES string of the molecule is Cc1cc(/C=N\NC(=O)CN(c2ccccc2F)S(C)(=O)=O)c(C)n1-c1ccc(Cl)cc1Cl. The molecule has 11 heteroatoms. The number of hydrogen-bond acceptors (Lipinski definition) is 4. The molecule has 0 unspecified atom stereocenters. The van der Waals surface area contributed by atoms with Crippen LogP contribution in [0.15, 0.2) is 53.6 Å². The van der Waals surface area contributed by atoms with Crippen molar-refractivity contribution in [1.29, 1.82) is 0 Å². The standard InChI is InChI=1S/C22H21Cl2FN4O3S/c1-14-10-16(15(2)29(14)20-9-8-17(23)11-18(20)24)12-26-27-22(30)13-28(33(3,31)32)21-7-5-4-6-19(21)25/h4-12H,13H2,1-3H3,(H,27,30)/b26-12-. The van der Waals surface area contributed by atoms with E-state index >= 15 is 0 Å². The molecule has 1 heterocycles. The number of aromatic nitrogens is 1. The lowest BCUT2D eigenvalue weighted by Crippen LogP contribution is -2.39. The first kappa shape index (κ1) is 24.8. The Kier molecular flexibility index (Phi) is 7.46. The molecule has 0 aliphatic carbocycles. The van der Waals surface area contributed by atoms with Gasteiger partial charge in [-0.15, -0.1) is 0 Å². The highest BCUT2D eigenvalue weighted by Gasteiger charge is 2.23. The van der Waals surface area contributed by atoms with Gasteiger partial charge in [-0.25, -0.2) is 18.2 Å². The topological polar surface area (TPSA) is 83.8 Å². The molecule has 0 bridgehead atoms. The minimum atomic E-state index is -3.90. The highest BCUT2D eigenvalue weighted by molar-refractivity contribution is 7.92. The summed E-state index contributed by atoms with van der Waals surface area (Å²) in [6, 6.07) is 12.4. The Morgan fingerprint density at radius 1 is 1.18 bits per heavy atom. The number of hydrogen-bond donors (Lipinski definition) is 1. The second-order valence-corrected chi connectivity index (χ2v) is 10.0. The van der Waals surface area contributed by atoms with Crippen molar-refractivity contribution < 1.29 is 17.6 Å². The first-order valence-electron chi connectivity index (χ1n) is 9.67. The molecule has 1 aromatic heterocycles. The van der Waals surface area contributed by atoms with Gasteiger partial charge in [0.05, 0.1) is 28.9 Å². The Labute approximate surface area is 201 Å². The molecule has 3 aromatic rings. The number of halogens is 3. The molecule has 7 nitrogen and oxygen atoms in total. The molecule has 1 N–H and O–H groups in total. The van der Waals surface area contributed by atoms with E-state index in [-0.39, 0.29) is 5.69 Å². The number of aryl methyl sites for hydroxylation is 1. The quantitative estimate of drug-likeness (QED) is 0.376. The van der Waals surface area contributed by atoms with Crippen molar-refractivity contribution in [1.82, 2.24) is 9.99 Å². The minimum Gasteiger partial charge on any atom is -0.316 e. The zero-order valence-electron chi connectivity index (χ0n) is 18.0. The molecule has 0 saturated heterocycles. The van der Waals surface area contributed by atoms with Crippen LogP contribution >= 0.6 is 23.2 Å². The Hall–Kier alpha value is -2.88. The van der Waals surface area contributed by atoms with Crippen LogP contribution in [0.2, 0.25) is 10.0 Å². The molecule has 3 rings (SSSR count). The molecule has 0 radical (unpaired) electrons.